The van der Waals surface area contributed by atoms with Gasteiger partial charge in [0, 0.05) is 37.7 Å². The van der Waals surface area contributed by atoms with Crippen molar-refractivity contribution in [1.82, 2.24) is 9.88 Å². The van der Waals surface area contributed by atoms with E-state index in [1.807, 2.05) is 19.1 Å². The van der Waals surface area contributed by atoms with Crippen LogP contribution >= 0.6 is 0 Å². The number of rotatable bonds is 6. The van der Waals surface area contributed by atoms with Gasteiger partial charge in [-0.1, -0.05) is 0 Å². The van der Waals surface area contributed by atoms with Gasteiger partial charge in [0.25, 0.3) is 5.91 Å². The van der Waals surface area contributed by atoms with Crippen LogP contribution in [-0.4, -0.2) is 40.2 Å². The van der Waals surface area contributed by atoms with Crippen molar-refractivity contribution in [2.24, 2.45) is 0 Å². The van der Waals surface area contributed by atoms with Crippen LogP contribution in [0, 0.1) is 6.92 Å². The molecule has 0 bridgehead atoms. The highest BCUT2D eigenvalue weighted by Crippen LogP contribution is 2.21. The minimum Gasteiger partial charge on any atom is -0.453 e. The fourth-order valence-corrected chi connectivity index (χ4v) is 2.94. The number of ether oxygens (including phenoxy) is 1. The summed E-state index contributed by atoms with van der Waals surface area (Å²) in [5.74, 6) is 0.502. The van der Waals surface area contributed by atoms with E-state index in [4.69, 9.17) is 9.15 Å². The normalized spacial score (nSPS) is 17.2. The Kier molecular flexibility index (Phi) is 5.27. The van der Waals surface area contributed by atoms with Crippen molar-refractivity contribution in [1.29, 1.82) is 0 Å². The van der Waals surface area contributed by atoms with Crippen molar-refractivity contribution < 1.29 is 19.1 Å². The third-order valence-electron chi connectivity index (χ3n) is 4.18. The summed E-state index contributed by atoms with van der Waals surface area (Å²) in [5, 5.41) is 9.22. The summed E-state index contributed by atoms with van der Waals surface area (Å²) < 4.78 is 11.2. The van der Waals surface area contributed by atoms with E-state index in [2.05, 4.69) is 4.98 Å². The zero-order chi connectivity index (χ0) is 16.9. The number of aliphatic hydroxyl groups excluding tert-OH is 1. The van der Waals surface area contributed by atoms with Gasteiger partial charge in [0.15, 0.2) is 5.76 Å². The average Bonchev–Trinajstić information content (AvgIpc) is 3.24. The van der Waals surface area contributed by atoms with E-state index in [0.29, 0.717) is 18.8 Å². The molecule has 1 aliphatic rings. The maximum atomic E-state index is 13.0. The minimum atomic E-state index is -0.218. The van der Waals surface area contributed by atoms with Gasteiger partial charge in [-0.05, 0) is 43.5 Å². The lowest BCUT2D eigenvalue weighted by Gasteiger charge is -2.25. The summed E-state index contributed by atoms with van der Waals surface area (Å²) in [5.41, 5.74) is 1.74. The molecule has 1 unspecified atom stereocenters. The molecule has 6 heteroatoms. The number of hydrogen-bond donors (Lipinski definition) is 1. The smallest absolute Gasteiger partial charge is 0.290 e. The number of nitrogens with zero attached hydrogens (tertiary/aromatic N) is 2. The summed E-state index contributed by atoms with van der Waals surface area (Å²) in [7, 11) is 0. The van der Waals surface area contributed by atoms with Crippen LogP contribution in [0.5, 0.6) is 0 Å². The van der Waals surface area contributed by atoms with Gasteiger partial charge >= 0.3 is 0 Å². The molecule has 1 saturated heterocycles. The van der Waals surface area contributed by atoms with E-state index in [9.17, 15) is 9.90 Å². The van der Waals surface area contributed by atoms with Crippen LogP contribution in [0.3, 0.4) is 0 Å². The van der Waals surface area contributed by atoms with Crippen LogP contribution in [0.25, 0.3) is 0 Å². The number of pyridine rings is 1. The van der Waals surface area contributed by atoms with Gasteiger partial charge in [-0.3, -0.25) is 9.78 Å². The first-order valence-electron chi connectivity index (χ1n) is 8.17. The van der Waals surface area contributed by atoms with Gasteiger partial charge < -0.3 is 19.2 Å². The summed E-state index contributed by atoms with van der Waals surface area (Å²) in [4.78, 5) is 18.7. The zero-order valence-electron chi connectivity index (χ0n) is 13.8. The molecule has 0 spiro atoms. The molecule has 0 saturated carbocycles. The molecule has 2 aromatic heterocycles. The first kappa shape index (κ1) is 16.7. The van der Waals surface area contributed by atoms with Gasteiger partial charge in [0.1, 0.15) is 12.4 Å². The van der Waals surface area contributed by atoms with E-state index < -0.39 is 0 Å². The monoisotopic (exact) mass is 330 g/mol. The van der Waals surface area contributed by atoms with Crippen LogP contribution in [0.2, 0.25) is 0 Å². The van der Waals surface area contributed by atoms with Gasteiger partial charge in [-0.2, -0.15) is 0 Å². The third-order valence-corrected chi connectivity index (χ3v) is 4.18. The van der Waals surface area contributed by atoms with Crippen LogP contribution in [0.15, 0.2) is 35.0 Å². The molecule has 1 aliphatic heterocycles. The Bertz CT molecular complexity index is 678. The quantitative estimate of drug-likeness (QED) is 0.879. The second-order valence-electron chi connectivity index (χ2n) is 6.06. The highest BCUT2D eigenvalue weighted by atomic mass is 16.5. The highest BCUT2D eigenvalue weighted by Gasteiger charge is 2.26. The Balaban J connectivity index is 1.81. The Labute approximate surface area is 141 Å². The Morgan fingerprint density at radius 1 is 1.42 bits per heavy atom. The molecule has 3 heterocycles. The molecule has 2 aromatic rings. The first-order chi connectivity index (χ1) is 11.7. The second-order valence-corrected chi connectivity index (χ2v) is 6.06. The average molecular weight is 330 g/mol. The van der Waals surface area contributed by atoms with Crippen molar-refractivity contribution in [2.45, 2.75) is 39.0 Å². The number of carbonyl (C=O) groups is 1. The van der Waals surface area contributed by atoms with E-state index in [0.717, 1.165) is 30.6 Å². The van der Waals surface area contributed by atoms with Crippen molar-refractivity contribution in [3.05, 3.63) is 53.2 Å². The molecule has 0 aliphatic carbocycles. The summed E-state index contributed by atoms with van der Waals surface area (Å²) >= 11 is 0. The predicted octanol–water partition coefficient (Wildman–Crippen LogP) is 2.30. The number of aryl methyl sites for hydroxylation is 1. The number of hydrogen-bond acceptors (Lipinski definition) is 5. The molecule has 1 N–H and O–H groups in total. The second kappa shape index (κ2) is 7.59. The fourth-order valence-electron chi connectivity index (χ4n) is 2.94. The van der Waals surface area contributed by atoms with Crippen LogP contribution in [0.4, 0.5) is 0 Å². The van der Waals surface area contributed by atoms with Gasteiger partial charge in [0.2, 0.25) is 0 Å². The molecule has 128 valence electrons. The lowest BCUT2D eigenvalue weighted by atomic mass is 10.1. The SMILES string of the molecule is Cc1cc(CO)oc1C(=O)N(Cc1ccncc1)CC1CCCO1. The number of aliphatic hydroxyl groups is 1. The maximum absolute atomic E-state index is 13.0. The molecule has 0 radical (unpaired) electrons. The Hall–Kier alpha value is -2.18. The molecule has 24 heavy (non-hydrogen) atoms. The van der Waals surface area contributed by atoms with E-state index in [1.54, 1.807) is 23.4 Å². The van der Waals surface area contributed by atoms with Crippen molar-refractivity contribution in [2.75, 3.05) is 13.2 Å². The van der Waals surface area contributed by atoms with Gasteiger partial charge in [-0.15, -0.1) is 0 Å². The molecule has 1 amide bonds. The number of amides is 1. The number of aromatic nitrogens is 1. The fraction of sp³-hybridized carbons (Fsp3) is 0.444. The van der Waals surface area contributed by atoms with Crippen LogP contribution in [0.1, 0.15) is 40.3 Å². The molecule has 3 rings (SSSR count). The molecule has 0 aromatic carbocycles. The number of furan rings is 1. The van der Waals surface area contributed by atoms with Crippen molar-refractivity contribution in [3.63, 3.8) is 0 Å². The lowest BCUT2D eigenvalue weighted by Crippen LogP contribution is -2.37. The highest BCUT2D eigenvalue weighted by molar-refractivity contribution is 5.93. The first-order valence-corrected chi connectivity index (χ1v) is 8.17. The van der Waals surface area contributed by atoms with Crippen molar-refractivity contribution >= 4 is 5.91 Å². The predicted molar refractivity (Wildman–Crippen MR) is 87.3 cm³/mol. The van der Waals surface area contributed by atoms with Gasteiger partial charge in [0.05, 0.1) is 6.10 Å². The molecule has 1 fully saturated rings. The van der Waals surface area contributed by atoms with Gasteiger partial charge in [-0.25, -0.2) is 0 Å². The van der Waals surface area contributed by atoms with Crippen molar-refractivity contribution in [3.8, 4) is 0 Å². The topological polar surface area (TPSA) is 75.8 Å². The largest absolute Gasteiger partial charge is 0.453 e. The lowest BCUT2D eigenvalue weighted by molar-refractivity contribution is 0.0480. The molecule has 6 nitrogen and oxygen atoms in total. The maximum Gasteiger partial charge on any atom is 0.290 e. The number of carbonyl (C=O) groups excluding carboxylic acids is 1. The van der Waals surface area contributed by atoms with E-state index in [-0.39, 0.29) is 24.4 Å². The summed E-state index contributed by atoms with van der Waals surface area (Å²) in [6.45, 7) is 3.33. The third kappa shape index (κ3) is 3.83. The van der Waals surface area contributed by atoms with E-state index in [1.165, 1.54) is 0 Å². The molecular formula is C18H22N2O4. The summed E-state index contributed by atoms with van der Waals surface area (Å²) in [6.07, 6.45) is 5.47. The zero-order valence-corrected chi connectivity index (χ0v) is 13.8. The summed E-state index contributed by atoms with van der Waals surface area (Å²) in [6, 6.07) is 5.48. The van der Waals surface area contributed by atoms with Crippen LogP contribution in [-0.2, 0) is 17.9 Å². The van der Waals surface area contributed by atoms with Crippen LogP contribution < -0.4 is 0 Å². The minimum absolute atomic E-state index is 0.0587. The molecular weight excluding hydrogens is 308 g/mol. The Morgan fingerprint density at radius 2 is 2.21 bits per heavy atom. The molecule has 1 atom stereocenters. The Morgan fingerprint density at radius 3 is 2.83 bits per heavy atom. The van der Waals surface area contributed by atoms with E-state index >= 15 is 0 Å². The standard InChI is InChI=1S/C18H22N2O4/c1-13-9-16(12-21)24-17(13)18(22)20(11-15-3-2-8-23-15)10-14-4-6-19-7-5-14/h4-7,9,15,21H,2-3,8,10-12H2,1H3.